The van der Waals surface area contributed by atoms with E-state index in [1.165, 1.54) is 42.6 Å². The van der Waals surface area contributed by atoms with E-state index >= 15 is 0 Å². The van der Waals surface area contributed by atoms with E-state index in [2.05, 4.69) is 20.6 Å². The second kappa shape index (κ2) is 13.5. The van der Waals surface area contributed by atoms with Gasteiger partial charge in [0, 0.05) is 17.3 Å². The first-order chi connectivity index (χ1) is 26.5. The Morgan fingerprint density at radius 1 is 0.545 bits per heavy atom. The third kappa shape index (κ3) is 6.40. The Labute approximate surface area is 312 Å². The van der Waals surface area contributed by atoms with Gasteiger partial charge in [0.15, 0.2) is 0 Å². The molecule has 55 heavy (non-hydrogen) atoms. The van der Waals surface area contributed by atoms with E-state index in [0.717, 1.165) is 15.4 Å². The lowest BCUT2D eigenvalue weighted by molar-refractivity contribution is 0.0910. The van der Waals surface area contributed by atoms with Crippen LogP contribution in [0.4, 0.5) is 28.7 Å². The Bertz CT molecular complexity index is 2410. The second-order valence-electron chi connectivity index (χ2n) is 12.6. The number of aryl methyl sites for hydroxylation is 1. The van der Waals surface area contributed by atoms with Gasteiger partial charge >= 0.3 is 0 Å². The molecule has 0 radical (unpaired) electrons. The standard InChI is InChI=1S/C41H27N7O7/c1-22-2-16-34(43-20-22)45-36(49)23-3-14-30-32(18-23)40(53)47(38(30)51)26-6-10-28(11-7-26)55-29-12-8-27(9-13-29)48-39(52)31-15-4-24(19-33(31)41(48)54)37(50)46-35-17-5-25(42)21-44-35/h2-21H,42H2,1H3,(H,43,45,49)(H,44,46,50). The van der Waals surface area contributed by atoms with Crippen molar-refractivity contribution in [2.45, 2.75) is 6.92 Å². The van der Waals surface area contributed by atoms with Crippen molar-refractivity contribution in [3.63, 3.8) is 0 Å². The van der Waals surface area contributed by atoms with Crippen LogP contribution in [0, 0.1) is 6.92 Å². The zero-order valence-corrected chi connectivity index (χ0v) is 28.8. The molecule has 0 spiro atoms. The molecule has 0 atom stereocenters. The minimum absolute atomic E-state index is 0.0861. The molecule has 6 aromatic rings. The van der Waals surface area contributed by atoms with Crippen LogP contribution < -0.4 is 30.9 Å². The number of carbonyl (C=O) groups is 6. The van der Waals surface area contributed by atoms with Gasteiger partial charge in [-0.1, -0.05) is 6.07 Å². The SMILES string of the molecule is Cc1ccc(NC(=O)c2ccc3c(c2)C(=O)N(c2ccc(Oc4ccc(N5C(=O)c6ccc(C(=O)Nc7ccc(N)cn7)cc6C5=O)cc4)cc2)C3=O)nc1. The Kier molecular flexibility index (Phi) is 8.38. The monoisotopic (exact) mass is 729 g/mol. The zero-order chi connectivity index (χ0) is 38.4. The molecule has 4 aromatic carbocycles. The number of ether oxygens (including phenoxy) is 1. The highest BCUT2D eigenvalue weighted by Crippen LogP contribution is 2.34. The highest BCUT2D eigenvalue weighted by Gasteiger charge is 2.38. The van der Waals surface area contributed by atoms with Gasteiger partial charge < -0.3 is 21.1 Å². The summed E-state index contributed by atoms with van der Waals surface area (Å²) in [6, 6.07) is 27.7. The van der Waals surface area contributed by atoms with Crippen LogP contribution in [-0.2, 0) is 0 Å². The van der Waals surface area contributed by atoms with Crippen LogP contribution in [0.1, 0.15) is 67.7 Å². The van der Waals surface area contributed by atoms with Crippen LogP contribution >= 0.6 is 0 Å². The Morgan fingerprint density at radius 2 is 0.982 bits per heavy atom. The van der Waals surface area contributed by atoms with E-state index < -0.39 is 35.4 Å². The van der Waals surface area contributed by atoms with Crippen molar-refractivity contribution in [1.29, 1.82) is 0 Å². The molecule has 4 heterocycles. The molecule has 8 rings (SSSR count). The van der Waals surface area contributed by atoms with Crippen molar-refractivity contribution in [3.8, 4) is 11.5 Å². The van der Waals surface area contributed by atoms with E-state index in [0.29, 0.717) is 34.4 Å². The number of aromatic nitrogens is 2. The molecule has 14 nitrogen and oxygen atoms in total. The molecule has 0 saturated carbocycles. The summed E-state index contributed by atoms with van der Waals surface area (Å²) in [6.07, 6.45) is 3.02. The number of hydrogen-bond donors (Lipinski definition) is 3. The van der Waals surface area contributed by atoms with Gasteiger partial charge in [-0.25, -0.2) is 19.8 Å². The van der Waals surface area contributed by atoms with Gasteiger partial charge in [-0.05, 0) is 116 Å². The van der Waals surface area contributed by atoms with Crippen LogP contribution in [0.15, 0.2) is 122 Å². The van der Waals surface area contributed by atoms with Crippen molar-refractivity contribution in [1.82, 2.24) is 9.97 Å². The Hall–Kier alpha value is -8.00. The molecular weight excluding hydrogens is 702 g/mol. The molecule has 0 fully saturated rings. The van der Waals surface area contributed by atoms with Gasteiger partial charge in [0.25, 0.3) is 35.4 Å². The number of nitrogens with two attached hydrogens (primary N) is 1. The maximum Gasteiger partial charge on any atom is 0.266 e. The van der Waals surface area contributed by atoms with Crippen LogP contribution in [0.5, 0.6) is 11.5 Å². The lowest BCUT2D eigenvalue weighted by Gasteiger charge is -2.16. The number of nitrogen functional groups attached to an aromatic ring is 1. The minimum Gasteiger partial charge on any atom is -0.457 e. The molecule has 2 aromatic heterocycles. The number of rotatable bonds is 8. The van der Waals surface area contributed by atoms with E-state index in [1.54, 1.807) is 72.9 Å². The summed E-state index contributed by atoms with van der Waals surface area (Å²) in [5, 5.41) is 5.32. The van der Waals surface area contributed by atoms with E-state index in [-0.39, 0.29) is 39.2 Å². The maximum atomic E-state index is 13.4. The number of imide groups is 2. The first kappa shape index (κ1) is 34.1. The number of amides is 6. The van der Waals surface area contributed by atoms with Crippen LogP contribution in [0.2, 0.25) is 0 Å². The summed E-state index contributed by atoms with van der Waals surface area (Å²) >= 11 is 0. The predicted molar refractivity (Wildman–Crippen MR) is 202 cm³/mol. The topological polar surface area (TPSA) is 194 Å². The van der Waals surface area contributed by atoms with Crippen molar-refractivity contribution >= 4 is 64.1 Å². The Balaban J connectivity index is 0.918. The molecule has 14 heteroatoms. The first-order valence-corrected chi connectivity index (χ1v) is 16.7. The molecule has 6 amide bonds. The average molecular weight is 730 g/mol. The number of pyridine rings is 2. The summed E-state index contributed by atoms with van der Waals surface area (Å²) in [6.45, 7) is 1.88. The number of fused-ring (bicyclic) bond motifs is 2. The summed E-state index contributed by atoms with van der Waals surface area (Å²) in [5.41, 5.74) is 8.51. The smallest absolute Gasteiger partial charge is 0.266 e. The highest BCUT2D eigenvalue weighted by atomic mass is 16.5. The lowest BCUT2D eigenvalue weighted by Crippen LogP contribution is -2.29. The summed E-state index contributed by atoms with van der Waals surface area (Å²) in [7, 11) is 0. The molecule has 2 aliphatic rings. The quantitative estimate of drug-likeness (QED) is 0.150. The lowest BCUT2D eigenvalue weighted by atomic mass is 10.1. The third-order valence-electron chi connectivity index (χ3n) is 8.90. The minimum atomic E-state index is -0.586. The second-order valence-corrected chi connectivity index (χ2v) is 12.6. The van der Waals surface area contributed by atoms with Crippen molar-refractivity contribution < 1.29 is 33.5 Å². The predicted octanol–water partition coefficient (Wildman–Crippen LogP) is 6.27. The molecule has 4 N–H and O–H groups in total. The van der Waals surface area contributed by atoms with Gasteiger partial charge in [-0.2, -0.15) is 0 Å². The van der Waals surface area contributed by atoms with E-state index in [1.807, 2.05) is 13.0 Å². The van der Waals surface area contributed by atoms with Gasteiger partial charge in [0.1, 0.15) is 23.1 Å². The van der Waals surface area contributed by atoms with E-state index in [4.69, 9.17) is 10.5 Å². The summed E-state index contributed by atoms with van der Waals surface area (Å²) in [5.74, 6) is -1.80. The van der Waals surface area contributed by atoms with Crippen molar-refractivity contribution in [2.24, 2.45) is 0 Å². The molecule has 0 saturated heterocycles. The highest BCUT2D eigenvalue weighted by molar-refractivity contribution is 6.35. The number of nitrogens with one attached hydrogen (secondary N) is 2. The molecule has 2 aliphatic heterocycles. The third-order valence-corrected chi connectivity index (χ3v) is 8.90. The van der Waals surface area contributed by atoms with Gasteiger partial charge in [-0.15, -0.1) is 0 Å². The summed E-state index contributed by atoms with van der Waals surface area (Å²) in [4.78, 5) is 89.2. The normalized spacial score (nSPS) is 13.1. The largest absolute Gasteiger partial charge is 0.457 e. The van der Waals surface area contributed by atoms with Gasteiger partial charge in [-0.3, -0.25) is 28.8 Å². The van der Waals surface area contributed by atoms with Crippen LogP contribution in [-0.4, -0.2) is 45.4 Å². The fraction of sp³-hybridized carbons (Fsp3) is 0.0244. The maximum absolute atomic E-state index is 13.4. The number of carbonyl (C=O) groups excluding carboxylic acids is 6. The van der Waals surface area contributed by atoms with Gasteiger partial charge in [0.05, 0.1) is 45.5 Å². The fourth-order valence-corrected chi connectivity index (χ4v) is 6.09. The molecule has 0 aliphatic carbocycles. The fourth-order valence-electron chi connectivity index (χ4n) is 6.09. The number of hydrogen-bond acceptors (Lipinski definition) is 10. The molecule has 0 unspecified atom stereocenters. The van der Waals surface area contributed by atoms with Crippen LogP contribution in [0.25, 0.3) is 0 Å². The van der Waals surface area contributed by atoms with E-state index in [9.17, 15) is 28.8 Å². The van der Waals surface area contributed by atoms with Gasteiger partial charge in [0.2, 0.25) is 0 Å². The average Bonchev–Trinajstić information content (AvgIpc) is 3.60. The number of benzene rings is 4. The van der Waals surface area contributed by atoms with Crippen LogP contribution in [0.3, 0.4) is 0 Å². The number of anilines is 5. The molecule has 0 bridgehead atoms. The van der Waals surface area contributed by atoms with Crippen molar-refractivity contribution in [3.05, 3.63) is 161 Å². The molecular formula is C41H27N7O7. The Morgan fingerprint density at radius 3 is 1.40 bits per heavy atom. The van der Waals surface area contributed by atoms with Crippen molar-refractivity contribution in [2.75, 3.05) is 26.2 Å². The summed E-state index contributed by atoms with van der Waals surface area (Å²) < 4.78 is 5.96. The molecule has 268 valence electrons. The first-order valence-electron chi connectivity index (χ1n) is 16.7. The zero-order valence-electron chi connectivity index (χ0n) is 28.8. The number of nitrogens with zero attached hydrogens (tertiary/aromatic N) is 4.